The maximum absolute atomic E-state index is 13.5. The zero-order valence-electron chi connectivity index (χ0n) is 16.0. The molecule has 0 unspecified atom stereocenters. The number of nitrogens with one attached hydrogen (secondary N) is 1. The van der Waals surface area contributed by atoms with Crippen LogP contribution in [0.15, 0.2) is 53.8 Å². The Balaban J connectivity index is 1.65. The van der Waals surface area contributed by atoms with Crippen molar-refractivity contribution in [3.63, 3.8) is 0 Å². The molecule has 1 aromatic heterocycles. The second kappa shape index (κ2) is 7.88. The van der Waals surface area contributed by atoms with Crippen LogP contribution in [0.1, 0.15) is 44.7 Å². The Kier molecular flexibility index (Phi) is 5.22. The maximum atomic E-state index is 13.5. The summed E-state index contributed by atoms with van der Waals surface area (Å²) in [6.45, 7) is -2.54. The van der Waals surface area contributed by atoms with E-state index in [4.69, 9.17) is 5.26 Å². The average molecular weight is 445 g/mol. The fourth-order valence-electron chi connectivity index (χ4n) is 3.41. The van der Waals surface area contributed by atoms with Crippen molar-refractivity contribution in [1.82, 2.24) is 9.78 Å². The van der Waals surface area contributed by atoms with Gasteiger partial charge in [0.15, 0.2) is 0 Å². The molecule has 4 rings (SSSR count). The first-order valence-corrected chi connectivity index (χ1v) is 9.11. The zero-order valence-corrected chi connectivity index (χ0v) is 16.0. The topological polar surface area (TPSA) is 83.1 Å². The van der Waals surface area contributed by atoms with Gasteiger partial charge in [-0.2, -0.15) is 32.3 Å². The molecule has 1 amide bonds. The number of carbonyl (C=O) groups is 1. The van der Waals surface area contributed by atoms with E-state index in [2.05, 4.69) is 15.4 Å². The maximum Gasteiger partial charge on any atom is 0.418 e. The van der Waals surface area contributed by atoms with Gasteiger partial charge in [-0.3, -0.25) is 9.79 Å². The SMILES string of the molecule is N#Cc1cccc(C(=O)Nc2ccc3c(c2)C(c2cnn(C(F)F)c2)=NC3)c1C(F)(F)F. The molecule has 1 aliphatic heterocycles. The van der Waals surface area contributed by atoms with Crippen molar-refractivity contribution in [2.24, 2.45) is 4.99 Å². The molecule has 0 saturated heterocycles. The number of carbonyl (C=O) groups excluding carboxylic acids is 1. The van der Waals surface area contributed by atoms with E-state index in [1.54, 1.807) is 6.07 Å². The average Bonchev–Trinajstić information content (AvgIpc) is 3.39. The Morgan fingerprint density at radius 3 is 2.66 bits per heavy atom. The van der Waals surface area contributed by atoms with Crippen molar-refractivity contribution in [3.8, 4) is 6.07 Å². The third kappa shape index (κ3) is 3.82. The summed E-state index contributed by atoms with van der Waals surface area (Å²) in [6.07, 6.45) is -2.54. The minimum atomic E-state index is -4.90. The fourth-order valence-corrected chi connectivity index (χ4v) is 3.41. The Morgan fingerprint density at radius 1 is 1.22 bits per heavy atom. The molecule has 0 aliphatic carbocycles. The number of nitriles is 1. The van der Waals surface area contributed by atoms with Gasteiger partial charge in [0, 0.05) is 23.0 Å². The highest BCUT2D eigenvalue weighted by molar-refractivity contribution is 6.16. The number of rotatable bonds is 4. The molecule has 32 heavy (non-hydrogen) atoms. The normalized spacial score (nSPS) is 13.0. The molecule has 3 aromatic rings. The van der Waals surface area contributed by atoms with Crippen molar-refractivity contribution < 1.29 is 26.7 Å². The Bertz CT molecular complexity index is 1290. The Labute approximate surface area is 177 Å². The number of aliphatic imine (C=N–C) groups is 1. The molecular formula is C21H12F5N5O. The van der Waals surface area contributed by atoms with Crippen LogP contribution in [0.25, 0.3) is 0 Å². The van der Waals surface area contributed by atoms with E-state index in [-0.39, 0.29) is 12.2 Å². The molecule has 0 bridgehead atoms. The number of hydrogen-bond donors (Lipinski definition) is 1. The van der Waals surface area contributed by atoms with Crippen LogP contribution in [-0.2, 0) is 12.7 Å². The van der Waals surface area contributed by atoms with E-state index in [1.165, 1.54) is 30.5 Å². The number of amides is 1. The number of hydrogen-bond acceptors (Lipinski definition) is 4. The van der Waals surface area contributed by atoms with Crippen molar-refractivity contribution in [1.29, 1.82) is 5.26 Å². The van der Waals surface area contributed by atoms with Crippen LogP contribution in [0.4, 0.5) is 27.6 Å². The van der Waals surface area contributed by atoms with E-state index in [1.807, 2.05) is 0 Å². The zero-order chi connectivity index (χ0) is 23.0. The lowest BCUT2D eigenvalue weighted by atomic mass is 9.99. The van der Waals surface area contributed by atoms with Crippen molar-refractivity contribution in [2.75, 3.05) is 5.32 Å². The minimum Gasteiger partial charge on any atom is -0.322 e. The number of anilines is 1. The summed E-state index contributed by atoms with van der Waals surface area (Å²) in [5.74, 6) is -1.05. The molecule has 0 radical (unpaired) electrons. The van der Waals surface area contributed by atoms with E-state index in [0.29, 0.717) is 21.5 Å². The van der Waals surface area contributed by atoms with Gasteiger partial charge in [0.1, 0.15) is 0 Å². The Hall–Kier alpha value is -4.07. The van der Waals surface area contributed by atoms with E-state index >= 15 is 0 Å². The minimum absolute atomic E-state index is 0.181. The third-order valence-corrected chi connectivity index (χ3v) is 4.82. The summed E-state index contributed by atoms with van der Waals surface area (Å²) in [7, 11) is 0. The fraction of sp³-hybridized carbons (Fsp3) is 0.143. The van der Waals surface area contributed by atoms with Crippen LogP contribution >= 0.6 is 0 Å². The summed E-state index contributed by atoms with van der Waals surface area (Å²) >= 11 is 0. The van der Waals surface area contributed by atoms with Crippen molar-refractivity contribution in [2.45, 2.75) is 19.3 Å². The summed E-state index contributed by atoms with van der Waals surface area (Å²) in [5, 5.41) is 15.0. The lowest BCUT2D eigenvalue weighted by Gasteiger charge is -2.14. The molecule has 2 heterocycles. The number of alkyl halides is 5. The highest BCUT2D eigenvalue weighted by Crippen LogP contribution is 2.35. The first-order chi connectivity index (χ1) is 15.2. The van der Waals surface area contributed by atoms with Crippen LogP contribution in [0, 0.1) is 11.3 Å². The smallest absolute Gasteiger partial charge is 0.322 e. The lowest BCUT2D eigenvalue weighted by molar-refractivity contribution is -0.138. The van der Waals surface area contributed by atoms with Gasteiger partial charge in [-0.1, -0.05) is 12.1 Å². The molecule has 2 aromatic carbocycles. The number of benzene rings is 2. The molecule has 162 valence electrons. The third-order valence-electron chi connectivity index (χ3n) is 4.82. The van der Waals surface area contributed by atoms with E-state index in [0.717, 1.165) is 23.9 Å². The van der Waals surface area contributed by atoms with Crippen molar-refractivity contribution in [3.05, 3.63) is 82.2 Å². The molecule has 1 aliphatic rings. The van der Waals surface area contributed by atoms with Gasteiger partial charge < -0.3 is 5.32 Å². The summed E-state index contributed by atoms with van der Waals surface area (Å²) in [4.78, 5) is 16.9. The molecule has 0 atom stereocenters. The van der Waals surface area contributed by atoms with E-state index in [9.17, 15) is 26.7 Å². The predicted molar refractivity (Wildman–Crippen MR) is 103 cm³/mol. The van der Waals surface area contributed by atoms with Gasteiger partial charge >= 0.3 is 12.7 Å². The number of fused-ring (bicyclic) bond motifs is 1. The van der Waals surface area contributed by atoms with Crippen LogP contribution in [0.3, 0.4) is 0 Å². The predicted octanol–water partition coefficient (Wildman–Crippen LogP) is 4.77. The Morgan fingerprint density at radius 2 is 2.00 bits per heavy atom. The van der Waals surface area contributed by atoms with Gasteiger partial charge in [0.05, 0.1) is 41.2 Å². The van der Waals surface area contributed by atoms with Gasteiger partial charge in [0.25, 0.3) is 5.91 Å². The highest BCUT2D eigenvalue weighted by Gasteiger charge is 2.38. The molecule has 0 saturated carbocycles. The molecule has 0 fully saturated rings. The van der Waals surface area contributed by atoms with Gasteiger partial charge in [-0.15, -0.1) is 0 Å². The quantitative estimate of drug-likeness (QED) is 0.587. The molecular weight excluding hydrogens is 433 g/mol. The van der Waals surface area contributed by atoms with Gasteiger partial charge in [0.2, 0.25) is 0 Å². The molecule has 6 nitrogen and oxygen atoms in total. The van der Waals surface area contributed by atoms with E-state index < -0.39 is 35.3 Å². The molecule has 0 spiro atoms. The standard InChI is InChI=1S/C21H12F5N5O/c22-20(23)31-10-13(9-29-31)18-16-6-14(5-4-12(16)8-28-18)30-19(32)15-3-1-2-11(7-27)17(15)21(24,25)26/h1-6,9-10,20H,8H2,(H,30,32). The largest absolute Gasteiger partial charge is 0.418 e. The summed E-state index contributed by atoms with van der Waals surface area (Å²) in [6, 6.07) is 9.24. The second-order valence-corrected chi connectivity index (χ2v) is 6.82. The summed E-state index contributed by atoms with van der Waals surface area (Å²) in [5.41, 5.74) is -0.473. The first-order valence-electron chi connectivity index (χ1n) is 9.11. The number of halogens is 5. The monoisotopic (exact) mass is 445 g/mol. The van der Waals surface area contributed by atoms with Crippen LogP contribution in [-0.4, -0.2) is 21.4 Å². The van der Waals surface area contributed by atoms with Crippen LogP contribution in [0.5, 0.6) is 0 Å². The lowest BCUT2D eigenvalue weighted by Crippen LogP contribution is -2.20. The van der Waals surface area contributed by atoms with Crippen LogP contribution < -0.4 is 5.32 Å². The van der Waals surface area contributed by atoms with Crippen molar-refractivity contribution >= 4 is 17.3 Å². The highest BCUT2D eigenvalue weighted by atomic mass is 19.4. The van der Waals surface area contributed by atoms with Gasteiger partial charge in [-0.25, -0.2) is 4.68 Å². The molecule has 1 N–H and O–H groups in total. The van der Waals surface area contributed by atoms with Gasteiger partial charge in [-0.05, 0) is 29.8 Å². The number of aromatic nitrogens is 2. The molecule has 11 heteroatoms. The number of nitrogens with zero attached hydrogens (tertiary/aromatic N) is 4. The van der Waals surface area contributed by atoms with Crippen LogP contribution in [0.2, 0.25) is 0 Å². The summed E-state index contributed by atoms with van der Waals surface area (Å²) < 4.78 is 66.5. The second-order valence-electron chi connectivity index (χ2n) is 6.82. The first kappa shape index (κ1) is 21.2.